The molecule has 18 heavy (non-hydrogen) atoms. The van der Waals surface area contributed by atoms with Crippen molar-refractivity contribution in [2.45, 2.75) is 88.8 Å². The maximum Gasteiger partial charge on any atom is 0.0697 e. The number of hydrogen-bond acceptors (Lipinski definition) is 2. The Labute approximate surface area is 112 Å². The molecule has 1 spiro atoms. The summed E-state index contributed by atoms with van der Waals surface area (Å²) in [6, 6.07) is 0.687. The molecule has 0 bridgehead atoms. The van der Waals surface area contributed by atoms with Crippen molar-refractivity contribution >= 4 is 0 Å². The minimum atomic E-state index is 0.244. The molecule has 3 fully saturated rings. The maximum atomic E-state index is 6.19. The van der Waals surface area contributed by atoms with Crippen molar-refractivity contribution in [3.63, 3.8) is 0 Å². The van der Waals surface area contributed by atoms with Gasteiger partial charge in [0.1, 0.15) is 0 Å². The predicted molar refractivity (Wildman–Crippen MR) is 74.7 cm³/mol. The number of nitrogens with one attached hydrogen (secondary N) is 1. The molecule has 1 atom stereocenters. The lowest BCUT2D eigenvalue weighted by Gasteiger charge is -2.45. The summed E-state index contributed by atoms with van der Waals surface area (Å²) >= 11 is 0. The molecule has 1 unspecified atom stereocenters. The van der Waals surface area contributed by atoms with E-state index in [1.807, 2.05) is 0 Å². The van der Waals surface area contributed by atoms with Crippen LogP contribution in [-0.4, -0.2) is 23.8 Å². The van der Waals surface area contributed by atoms with Gasteiger partial charge in [-0.25, -0.2) is 0 Å². The van der Waals surface area contributed by atoms with E-state index in [0.717, 1.165) is 12.5 Å². The molecule has 2 nitrogen and oxygen atoms in total. The van der Waals surface area contributed by atoms with Gasteiger partial charge in [-0.15, -0.1) is 0 Å². The third-order valence-electron chi connectivity index (χ3n) is 5.43. The number of ether oxygens (including phenoxy) is 1. The SMILES string of the molecule is CC(C)(NC1CCOC2(CCCCC2)C1)C1CC1. The predicted octanol–water partition coefficient (Wildman–Crippen LogP) is 3.65. The maximum absolute atomic E-state index is 6.19. The van der Waals surface area contributed by atoms with Crippen LogP contribution < -0.4 is 5.32 Å². The van der Waals surface area contributed by atoms with E-state index in [9.17, 15) is 0 Å². The van der Waals surface area contributed by atoms with E-state index in [1.54, 1.807) is 0 Å². The number of hydrogen-bond donors (Lipinski definition) is 1. The zero-order valence-corrected chi connectivity index (χ0v) is 12.1. The molecule has 1 heterocycles. The van der Waals surface area contributed by atoms with Crippen molar-refractivity contribution in [3.8, 4) is 0 Å². The average Bonchev–Trinajstić information content (AvgIpc) is 3.13. The molecule has 0 aromatic heterocycles. The Morgan fingerprint density at radius 1 is 1.06 bits per heavy atom. The van der Waals surface area contributed by atoms with Crippen molar-refractivity contribution in [2.24, 2.45) is 5.92 Å². The fourth-order valence-electron chi connectivity index (χ4n) is 4.14. The summed E-state index contributed by atoms with van der Waals surface area (Å²) in [6.07, 6.45) is 12.1. The molecule has 2 heteroatoms. The number of rotatable bonds is 3. The standard InChI is InChI=1S/C16H29NO/c1-15(2,13-6-7-13)17-14-8-11-18-16(12-14)9-4-3-5-10-16/h13-14,17H,3-12H2,1-2H3. The highest BCUT2D eigenvalue weighted by molar-refractivity contribution is 4.99. The van der Waals surface area contributed by atoms with E-state index >= 15 is 0 Å². The normalized spacial score (nSPS) is 32.7. The zero-order chi connectivity index (χ0) is 12.6. The Morgan fingerprint density at radius 3 is 2.44 bits per heavy atom. The summed E-state index contributed by atoms with van der Waals surface area (Å²) in [7, 11) is 0. The molecular formula is C16H29NO. The molecule has 1 N–H and O–H groups in total. The molecule has 1 aliphatic heterocycles. The molecule has 0 amide bonds. The van der Waals surface area contributed by atoms with Gasteiger partial charge in [0.05, 0.1) is 5.60 Å². The van der Waals surface area contributed by atoms with Crippen LogP contribution in [0.25, 0.3) is 0 Å². The molecule has 0 radical (unpaired) electrons. The van der Waals surface area contributed by atoms with Crippen LogP contribution >= 0.6 is 0 Å². The first-order chi connectivity index (χ1) is 8.60. The second-order valence-corrected chi connectivity index (χ2v) is 7.42. The van der Waals surface area contributed by atoms with E-state index in [0.29, 0.717) is 11.6 Å². The van der Waals surface area contributed by atoms with Crippen molar-refractivity contribution in [2.75, 3.05) is 6.61 Å². The van der Waals surface area contributed by atoms with Crippen molar-refractivity contribution in [1.82, 2.24) is 5.32 Å². The van der Waals surface area contributed by atoms with Crippen LogP contribution in [0.15, 0.2) is 0 Å². The van der Waals surface area contributed by atoms with E-state index in [2.05, 4.69) is 19.2 Å². The van der Waals surface area contributed by atoms with Crippen LogP contribution in [0.2, 0.25) is 0 Å². The van der Waals surface area contributed by atoms with Crippen LogP contribution in [0.3, 0.4) is 0 Å². The zero-order valence-electron chi connectivity index (χ0n) is 12.1. The molecule has 0 aromatic rings. The van der Waals surface area contributed by atoms with Gasteiger partial charge in [-0.3, -0.25) is 0 Å². The first kappa shape index (κ1) is 12.9. The molecule has 3 aliphatic rings. The highest BCUT2D eigenvalue weighted by Crippen LogP contribution is 2.42. The quantitative estimate of drug-likeness (QED) is 0.826. The van der Waals surface area contributed by atoms with Crippen LogP contribution in [0, 0.1) is 5.92 Å². The van der Waals surface area contributed by atoms with Crippen molar-refractivity contribution < 1.29 is 4.74 Å². The monoisotopic (exact) mass is 251 g/mol. The Balaban J connectivity index is 1.59. The summed E-state index contributed by atoms with van der Waals surface area (Å²) in [5.74, 6) is 0.919. The van der Waals surface area contributed by atoms with Crippen molar-refractivity contribution in [1.29, 1.82) is 0 Å². The summed E-state index contributed by atoms with van der Waals surface area (Å²) in [6.45, 7) is 5.76. The van der Waals surface area contributed by atoms with Gasteiger partial charge in [-0.05, 0) is 58.3 Å². The van der Waals surface area contributed by atoms with E-state index in [4.69, 9.17) is 4.74 Å². The van der Waals surface area contributed by atoms with Gasteiger partial charge in [-0.2, -0.15) is 0 Å². The molecule has 0 aromatic carbocycles. The van der Waals surface area contributed by atoms with Crippen LogP contribution in [0.5, 0.6) is 0 Å². The topological polar surface area (TPSA) is 21.3 Å². The second-order valence-electron chi connectivity index (χ2n) is 7.42. The fourth-order valence-corrected chi connectivity index (χ4v) is 4.14. The first-order valence-electron chi connectivity index (χ1n) is 8.01. The van der Waals surface area contributed by atoms with E-state index in [-0.39, 0.29) is 5.60 Å². The fraction of sp³-hybridized carbons (Fsp3) is 1.00. The van der Waals surface area contributed by atoms with Crippen LogP contribution in [-0.2, 0) is 4.74 Å². The third kappa shape index (κ3) is 2.75. The molecule has 1 saturated heterocycles. The minimum Gasteiger partial charge on any atom is -0.375 e. The smallest absolute Gasteiger partial charge is 0.0697 e. The van der Waals surface area contributed by atoms with Gasteiger partial charge in [0.25, 0.3) is 0 Å². The van der Waals surface area contributed by atoms with Crippen molar-refractivity contribution in [3.05, 3.63) is 0 Å². The highest BCUT2D eigenvalue weighted by atomic mass is 16.5. The lowest BCUT2D eigenvalue weighted by molar-refractivity contribution is -0.111. The molecular weight excluding hydrogens is 222 g/mol. The molecule has 104 valence electrons. The lowest BCUT2D eigenvalue weighted by Crippen LogP contribution is -2.54. The summed E-state index contributed by atoms with van der Waals surface area (Å²) in [5, 5.41) is 3.95. The Kier molecular flexibility index (Phi) is 3.44. The Hall–Kier alpha value is -0.0800. The van der Waals surface area contributed by atoms with Gasteiger partial charge in [0.2, 0.25) is 0 Å². The van der Waals surface area contributed by atoms with E-state index < -0.39 is 0 Å². The summed E-state index contributed by atoms with van der Waals surface area (Å²) in [5.41, 5.74) is 0.589. The summed E-state index contributed by atoms with van der Waals surface area (Å²) in [4.78, 5) is 0. The van der Waals surface area contributed by atoms with Crippen LogP contribution in [0.1, 0.15) is 71.6 Å². The first-order valence-corrected chi connectivity index (χ1v) is 8.01. The highest BCUT2D eigenvalue weighted by Gasteiger charge is 2.43. The minimum absolute atomic E-state index is 0.244. The van der Waals surface area contributed by atoms with Gasteiger partial charge in [0.15, 0.2) is 0 Å². The molecule has 3 rings (SSSR count). The lowest BCUT2D eigenvalue weighted by atomic mass is 9.77. The molecule has 2 aliphatic carbocycles. The van der Waals surface area contributed by atoms with Gasteiger partial charge in [-0.1, -0.05) is 19.3 Å². The van der Waals surface area contributed by atoms with Gasteiger partial charge >= 0.3 is 0 Å². The Morgan fingerprint density at radius 2 is 1.78 bits per heavy atom. The van der Waals surface area contributed by atoms with E-state index in [1.165, 1.54) is 57.8 Å². The average molecular weight is 251 g/mol. The second kappa shape index (κ2) is 4.79. The Bertz CT molecular complexity index is 284. The van der Waals surface area contributed by atoms with Gasteiger partial charge < -0.3 is 10.1 Å². The van der Waals surface area contributed by atoms with Gasteiger partial charge in [0, 0.05) is 18.2 Å². The third-order valence-corrected chi connectivity index (χ3v) is 5.43. The summed E-state index contributed by atoms with van der Waals surface area (Å²) < 4.78 is 6.19. The molecule has 2 saturated carbocycles. The largest absolute Gasteiger partial charge is 0.375 e. The van der Waals surface area contributed by atoms with Crippen LogP contribution in [0.4, 0.5) is 0 Å².